The molecule has 0 aromatic heterocycles. The molecule has 2 N–H and O–H groups in total. The maximum absolute atomic E-state index is 5.53. The van der Waals surface area contributed by atoms with Crippen LogP contribution in [0.15, 0.2) is 24.3 Å². The van der Waals surface area contributed by atoms with Crippen LogP contribution in [0.25, 0.3) is 0 Å². The van der Waals surface area contributed by atoms with Gasteiger partial charge in [-0.25, -0.2) is 0 Å². The summed E-state index contributed by atoms with van der Waals surface area (Å²) in [7, 11) is 0. The van der Waals surface area contributed by atoms with Gasteiger partial charge in [0.05, 0.1) is 19.8 Å². The van der Waals surface area contributed by atoms with E-state index in [-0.39, 0.29) is 0 Å². The highest BCUT2D eigenvalue weighted by Crippen LogP contribution is 2.33. The zero-order valence-corrected chi connectivity index (χ0v) is 8.11. The Bertz CT molecular complexity index is 301. The Morgan fingerprint density at radius 3 is 3.14 bits per heavy atom. The lowest BCUT2D eigenvalue weighted by molar-refractivity contribution is 0.119. The van der Waals surface area contributed by atoms with Crippen molar-refractivity contribution in [2.45, 2.75) is 5.92 Å². The molecule has 1 atom stereocenters. The predicted molar refractivity (Wildman–Crippen MR) is 54.6 cm³/mol. The molecule has 1 aromatic rings. The summed E-state index contributed by atoms with van der Waals surface area (Å²) in [6.45, 7) is 2.63. The molecule has 0 amide bonds. The minimum absolute atomic E-state index is 0.373. The highest BCUT2D eigenvalue weighted by molar-refractivity contribution is 5.39. The van der Waals surface area contributed by atoms with Crippen LogP contribution in [0.3, 0.4) is 0 Å². The van der Waals surface area contributed by atoms with Crippen molar-refractivity contribution in [3.05, 3.63) is 29.8 Å². The van der Waals surface area contributed by atoms with Crippen LogP contribution in [0.4, 0.5) is 0 Å². The SMILES string of the molecule is NCCOCC1COc2ccccc21. The second-order valence-electron chi connectivity index (χ2n) is 3.41. The van der Waals surface area contributed by atoms with Gasteiger partial charge in [0.25, 0.3) is 0 Å². The number of nitrogens with two attached hydrogens (primary N) is 1. The second-order valence-corrected chi connectivity index (χ2v) is 3.41. The third kappa shape index (κ3) is 1.89. The number of ether oxygens (including phenoxy) is 2. The van der Waals surface area contributed by atoms with Gasteiger partial charge in [-0.1, -0.05) is 18.2 Å². The molecule has 14 heavy (non-hydrogen) atoms. The van der Waals surface area contributed by atoms with Crippen LogP contribution in [0.5, 0.6) is 5.75 Å². The molecule has 0 saturated carbocycles. The average molecular weight is 193 g/mol. The molecule has 1 heterocycles. The molecule has 2 rings (SSSR count). The summed E-state index contributed by atoms with van der Waals surface area (Å²) in [4.78, 5) is 0. The van der Waals surface area contributed by atoms with Crippen molar-refractivity contribution in [1.29, 1.82) is 0 Å². The van der Waals surface area contributed by atoms with E-state index in [2.05, 4.69) is 6.07 Å². The lowest BCUT2D eigenvalue weighted by atomic mass is 10.0. The van der Waals surface area contributed by atoms with Crippen LogP contribution in [-0.2, 0) is 4.74 Å². The summed E-state index contributed by atoms with van der Waals surface area (Å²) in [6, 6.07) is 8.11. The maximum atomic E-state index is 5.53. The molecule has 3 nitrogen and oxygen atoms in total. The Morgan fingerprint density at radius 1 is 1.43 bits per heavy atom. The van der Waals surface area contributed by atoms with E-state index in [0.29, 0.717) is 25.7 Å². The van der Waals surface area contributed by atoms with E-state index < -0.39 is 0 Å². The van der Waals surface area contributed by atoms with Crippen molar-refractivity contribution in [3.8, 4) is 5.75 Å². The molecular formula is C11H15NO2. The molecule has 1 aliphatic rings. The first kappa shape index (κ1) is 9.49. The van der Waals surface area contributed by atoms with E-state index in [0.717, 1.165) is 12.4 Å². The van der Waals surface area contributed by atoms with Crippen molar-refractivity contribution < 1.29 is 9.47 Å². The number of hydrogen-bond acceptors (Lipinski definition) is 3. The molecule has 0 bridgehead atoms. The van der Waals surface area contributed by atoms with Crippen LogP contribution in [0.1, 0.15) is 11.5 Å². The van der Waals surface area contributed by atoms with Crippen LogP contribution < -0.4 is 10.5 Å². The fourth-order valence-corrected chi connectivity index (χ4v) is 1.68. The van der Waals surface area contributed by atoms with E-state index in [1.54, 1.807) is 0 Å². The molecule has 3 heteroatoms. The van der Waals surface area contributed by atoms with Gasteiger partial charge < -0.3 is 15.2 Å². The summed E-state index contributed by atoms with van der Waals surface area (Å²) in [5, 5.41) is 0. The van der Waals surface area contributed by atoms with Crippen molar-refractivity contribution in [3.63, 3.8) is 0 Å². The Morgan fingerprint density at radius 2 is 2.29 bits per heavy atom. The van der Waals surface area contributed by atoms with Crippen LogP contribution >= 0.6 is 0 Å². The molecule has 0 saturated heterocycles. The van der Waals surface area contributed by atoms with E-state index in [4.69, 9.17) is 15.2 Å². The fourth-order valence-electron chi connectivity index (χ4n) is 1.68. The Labute approximate surface area is 83.8 Å². The Kier molecular flexibility index (Phi) is 3.01. The molecule has 1 unspecified atom stereocenters. The summed E-state index contributed by atoms with van der Waals surface area (Å²) < 4.78 is 10.9. The molecular weight excluding hydrogens is 178 g/mol. The Balaban J connectivity index is 1.96. The minimum atomic E-state index is 0.373. The molecule has 1 aliphatic heterocycles. The number of hydrogen-bond donors (Lipinski definition) is 1. The largest absolute Gasteiger partial charge is 0.493 e. The lowest BCUT2D eigenvalue weighted by Crippen LogP contribution is -2.14. The summed E-state index contributed by atoms with van der Waals surface area (Å²) in [6.07, 6.45) is 0. The zero-order chi connectivity index (χ0) is 9.80. The van der Waals surface area contributed by atoms with Gasteiger partial charge >= 0.3 is 0 Å². The molecule has 1 aromatic carbocycles. The normalized spacial score (nSPS) is 19.1. The van der Waals surface area contributed by atoms with Crippen LogP contribution in [0.2, 0.25) is 0 Å². The lowest BCUT2D eigenvalue weighted by Gasteiger charge is -2.08. The number of rotatable bonds is 4. The molecule has 0 fully saturated rings. The topological polar surface area (TPSA) is 44.5 Å². The first-order valence-corrected chi connectivity index (χ1v) is 4.91. The van der Waals surface area contributed by atoms with Gasteiger partial charge in [0.1, 0.15) is 5.75 Å². The van der Waals surface area contributed by atoms with Gasteiger partial charge in [-0.05, 0) is 6.07 Å². The number of para-hydroxylation sites is 1. The summed E-state index contributed by atoms with van der Waals surface area (Å²) >= 11 is 0. The highest BCUT2D eigenvalue weighted by Gasteiger charge is 2.23. The van der Waals surface area contributed by atoms with Gasteiger partial charge in [-0.2, -0.15) is 0 Å². The minimum Gasteiger partial charge on any atom is -0.493 e. The van der Waals surface area contributed by atoms with Crippen molar-refractivity contribution in [2.75, 3.05) is 26.4 Å². The van der Waals surface area contributed by atoms with E-state index in [1.807, 2.05) is 18.2 Å². The fraction of sp³-hybridized carbons (Fsp3) is 0.455. The first-order valence-electron chi connectivity index (χ1n) is 4.91. The molecule has 0 spiro atoms. The zero-order valence-electron chi connectivity index (χ0n) is 8.11. The van der Waals surface area contributed by atoms with Crippen molar-refractivity contribution >= 4 is 0 Å². The molecule has 76 valence electrons. The number of benzene rings is 1. The second kappa shape index (κ2) is 4.44. The smallest absolute Gasteiger partial charge is 0.123 e. The third-order valence-corrected chi connectivity index (χ3v) is 2.38. The molecule has 0 radical (unpaired) electrons. The standard InChI is InChI=1S/C11H15NO2/c12-5-6-13-7-9-8-14-11-4-2-1-3-10(9)11/h1-4,9H,5-8,12H2. The monoisotopic (exact) mass is 193 g/mol. The average Bonchev–Trinajstić information content (AvgIpc) is 2.63. The number of fused-ring (bicyclic) bond motifs is 1. The van der Waals surface area contributed by atoms with Crippen LogP contribution in [0, 0.1) is 0 Å². The van der Waals surface area contributed by atoms with Crippen molar-refractivity contribution in [1.82, 2.24) is 0 Å². The van der Waals surface area contributed by atoms with E-state index >= 15 is 0 Å². The Hall–Kier alpha value is -1.06. The van der Waals surface area contributed by atoms with E-state index in [1.165, 1.54) is 5.56 Å². The van der Waals surface area contributed by atoms with Gasteiger partial charge in [0.2, 0.25) is 0 Å². The van der Waals surface area contributed by atoms with E-state index in [9.17, 15) is 0 Å². The van der Waals surface area contributed by atoms with Gasteiger partial charge in [0.15, 0.2) is 0 Å². The predicted octanol–water partition coefficient (Wildman–Crippen LogP) is 1.14. The van der Waals surface area contributed by atoms with Gasteiger partial charge in [-0.15, -0.1) is 0 Å². The summed E-state index contributed by atoms with van der Waals surface area (Å²) in [5.74, 6) is 1.37. The quantitative estimate of drug-likeness (QED) is 0.729. The van der Waals surface area contributed by atoms with Gasteiger partial charge in [-0.3, -0.25) is 0 Å². The van der Waals surface area contributed by atoms with Crippen molar-refractivity contribution in [2.24, 2.45) is 5.73 Å². The van der Waals surface area contributed by atoms with Crippen LogP contribution in [-0.4, -0.2) is 26.4 Å². The summed E-state index contributed by atoms with van der Waals surface area (Å²) in [5.41, 5.74) is 6.61. The molecule has 0 aliphatic carbocycles. The first-order chi connectivity index (χ1) is 6.92. The highest BCUT2D eigenvalue weighted by atomic mass is 16.5. The maximum Gasteiger partial charge on any atom is 0.123 e. The third-order valence-electron chi connectivity index (χ3n) is 2.38. The van der Waals surface area contributed by atoms with Gasteiger partial charge in [0, 0.05) is 18.0 Å².